The van der Waals surface area contributed by atoms with Crippen LogP contribution < -0.4 is 4.90 Å². The van der Waals surface area contributed by atoms with E-state index in [0.717, 1.165) is 49.7 Å². The first-order valence-corrected chi connectivity index (χ1v) is 9.33. The quantitative estimate of drug-likeness (QED) is 0.698. The van der Waals surface area contributed by atoms with Gasteiger partial charge in [-0.2, -0.15) is 5.10 Å². The van der Waals surface area contributed by atoms with E-state index < -0.39 is 0 Å². The first-order valence-electron chi connectivity index (χ1n) is 9.33. The molecule has 0 saturated carbocycles. The Hall–Kier alpha value is -2.48. The minimum absolute atomic E-state index is 0.768. The van der Waals surface area contributed by atoms with E-state index in [4.69, 9.17) is 5.10 Å². The molecule has 1 saturated heterocycles. The van der Waals surface area contributed by atoms with Gasteiger partial charge in [-0.15, -0.1) is 0 Å². The summed E-state index contributed by atoms with van der Waals surface area (Å²) in [4.78, 5) is 18.0. The van der Waals surface area contributed by atoms with E-state index in [0.29, 0.717) is 0 Å². The molecule has 0 radical (unpaired) electrons. The molecule has 0 amide bonds. The van der Waals surface area contributed by atoms with Crippen LogP contribution in [-0.2, 0) is 33.5 Å². The van der Waals surface area contributed by atoms with Gasteiger partial charge in [0.15, 0.2) is 11.5 Å². The van der Waals surface area contributed by atoms with Gasteiger partial charge < -0.3 is 9.47 Å². The molecule has 0 bridgehead atoms. The number of anilines is 1. The Morgan fingerprint density at radius 3 is 2.69 bits per heavy atom. The van der Waals surface area contributed by atoms with E-state index in [1.807, 2.05) is 11.6 Å². The maximum Gasteiger partial charge on any atom is 0.182 e. The minimum atomic E-state index is 0.768. The molecule has 26 heavy (non-hydrogen) atoms. The van der Waals surface area contributed by atoms with Gasteiger partial charge in [0.25, 0.3) is 0 Å². The van der Waals surface area contributed by atoms with Crippen molar-refractivity contribution in [3.05, 3.63) is 29.6 Å². The summed E-state index contributed by atoms with van der Waals surface area (Å²) in [5.41, 5.74) is 6.01. The zero-order valence-corrected chi connectivity index (χ0v) is 15.4. The van der Waals surface area contributed by atoms with Gasteiger partial charge in [0, 0.05) is 52.5 Å². The van der Waals surface area contributed by atoms with E-state index >= 15 is 0 Å². The van der Waals surface area contributed by atoms with Crippen molar-refractivity contribution in [1.82, 2.24) is 34.2 Å². The average Bonchev–Trinajstić information content (AvgIpc) is 3.35. The number of piperazine rings is 1. The van der Waals surface area contributed by atoms with Gasteiger partial charge in [0.2, 0.25) is 0 Å². The highest BCUT2D eigenvalue weighted by molar-refractivity contribution is 5.83. The van der Waals surface area contributed by atoms with Crippen LogP contribution in [0.4, 0.5) is 5.82 Å². The number of rotatable bonds is 3. The summed E-state index contributed by atoms with van der Waals surface area (Å²) in [6.45, 7) is 4.93. The molecular weight excluding hydrogens is 328 g/mol. The van der Waals surface area contributed by atoms with E-state index in [9.17, 15) is 0 Å². The third kappa shape index (κ3) is 2.47. The third-order valence-corrected chi connectivity index (χ3v) is 5.73. The lowest BCUT2D eigenvalue weighted by atomic mass is 10.2. The second kappa shape index (κ2) is 6.05. The molecule has 1 aliphatic carbocycles. The molecule has 5 rings (SSSR count). The first kappa shape index (κ1) is 15.7. The Morgan fingerprint density at radius 1 is 1.00 bits per heavy atom. The van der Waals surface area contributed by atoms with Crippen LogP contribution in [0, 0.1) is 0 Å². The topological polar surface area (TPSA) is 67.9 Å². The maximum atomic E-state index is 4.78. The van der Waals surface area contributed by atoms with Crippen molar-refractivity contribution in [3.8, 4) is 0 Å². The number of aromatic nitrogens is 6. The molecule has 1 fully saturated rings. The number of imidazole rings is 1. The molecule has 0 N–H and O–H groups in total. The molecule has 136 valence electrons. The largest absolute Gasteiger partial charge is 0.352 e. The number of aryl methyl sites for hydroxylation is 2. The molecule has 0 atom stereocenters. The van der Waals surface area contributed by atoms with Gasteiger partial charge in [0.1, 0.15) is 11.8 Å². The molecule has 0 aromatic carbocycles. The Morgan fingerprint density at radius 2 is 1.85 bits per heavy atom. The highest BCUT2D eigenvalue weighted by atomic mass is 15.3. The first-order chi connectivity index (χ1) is 12.7. The van der Waals surface area contributed by atoms with Crippen molar-refractivity contribution in [1.29, 1.82) is 0 Å². The van der Waals surface area contributed by atoms with Gasteiger partial charge in [-0.05, 0) is 24.8 Å². The summed E-state index contributed by atoms with van der Waals surface area (Å²) in [7, 11) is 4.08. The van der Waals surface area contributed by atoms with Gasteiger partial charge in [-0.25, -0.2) is 15.0 Å². The SMILES string of the molecule is Cn1nc(CN2CCN(c3ncnc4ncn(C)c34)CC2)c2c1CCC2. The normalized spacial score (nSPS) is 18.0. The summed E-state index contributed by atoms with van der Waals surface area (Å²) in [6, 6.07) is 0. The number of fused-ring (bicyclic) bond motifs is 2. The summed E-state index contributed by atoms with van der Waals surface area (Å²) in [5, 5.41) is 4.78. The lowest BCUT2D eigenvalue weighted by molar-refractivity contribution is 0.245. The molecule has 0 unspecified atom stereocenters. The van der Waals surface area contributed by atoms with Gasteiger partial charge >= 0.3 is 0 Å². The standard InChI is InChI=1S/C18H24N8/c1-23-12-21-17-16(23)18(20-11-19-17)26-8-6-25(7-9-26)10-14-13-4-3-5-15(13)24(2)22-14/h11-12H,3-10H2,1-2H3. The molecule has 1 aliphatic heterocycles. The summed E-state index contributed by atoms with van der Waals surface area (Å²) >= 11 is 0. The second-order valence-electron chi connectivity index (χ2n) is 7.34. The Bertz CT molecular complexity index is 948. The molecule has 8 heteroatoms. The fourth-order valence-electron chi connectivity index (χ4n) is 4.36. The molecule has 8 nitrogen and oxygen atoms in total. The third-order valence-electron chi connectivity index (χ3n) is 5.73. The van der Waals surface area contributed by atoms with E-state index in [1.54, 1.807) is 12.7 Å². The van der Waals surface area contributed by atoms with Crippen LogP contribution in [0.3, 0.4) is 0 Å². The van der Waals surface area contributed by atoms with Crippen LogP contribution in [-0.4, -0.2) is 60.4 Å². The fourth-order valence-corrected chi connectivity index (χ4v) is 4.36. The lowest BCUT2D eigenvalue weighted by Gasteiger charge is -2.35. The summed E-state index contributed by atoms with van der Waals surface area (Å²) in [6.07, 6.45) is 7.07. The van der Waals surface area contributed by atoms with Crippen LogP contribution in [0.15, 0.2) is 12.7 Å². The van der Waals surface area contributed by atoms with Crippen molar-refractivity contribution in [2.24, 2.45) is 14.1 Å². The van der Waals surface area contributed by atoms with Gasteiger partial charge in [0.05, 0.1) is 12.0 Å². The molecule has 4 heterocycles. The molecule has 0 spiro atoms. The highest BCUT2D eigenvalue weighted by Gasteiger charge is 2.25. The van der Waals surface area contributed by atoms with Gasteiger partial charge in [-0.1, -0.05) is 0 Å². The highest BCUT2D eigenvalue weighted by Crippen LogP contribution is 2.27. The van der Waals surface area contributed by atoms with Gasteiger partial charge in [-0.3, -0.25) is 9.58 Å². The summed E-state index contributed by atoms with van der Waals surface area (Å²) in [5.74, 6) is 0.994. The van der Waals surface area contributed by atoms with Crippen molar-refractivity contribution in [2.75, 3.05) is 31.1 Å². The zero-order valence-electron chi connectivity index (χ0n) is 15.4. The number of nitrogens with zero attached hydrogens (tertiary/aromatic N) is 8. The Kier molecular flexibility index (Phi) is 3.66. The van der Waals surface area contributed by atoms with Crippen LogP contribution in [0.1, 0.15) is 23.4 Å². The minimum Gasteiger partial charge on any atom is -0.352 e. The number of hydrogen-bond donors (Lipinski definition) is 0. The molecule has 2 aliphatic rings. The van der Waals surface area contributed by atoms with Crippen molar-refractivity contribution < 1.29 is 0 Å². The van der Waals surface area contributed by atoms with Crippen molar-refractivity contribution >= 4 is 17.0 Å². The van der Waals surface area contributed by atoms with Crippen LogP contribution >= 0.6 is 0 Å². The number of hydrogen-bond acceptors (Lipinski definition) is 6. The second-order valence-corrected chi connectivity index (χ2v) is 7.34. The molecule has 3 aromatic rings. The smallest absolute Gasteiger partial charge is 0.182 e. The lowest BCUT2D eigenvalue weighted by Crippen LogP contribution is -2.46. The monoisotopic (exact) mass is 352 g/mol. The zero-order chi connectivity index (χ0) is 17.7. The van der Waals surface area contributed by atoms with Crippen LogP contribution in [0.25, 0.3) is 11.2 Å². The van der Waals surface area contributed by atoms with E-state index in [2.05, 4.69) is 36.5 Å². The van der Waals surface area contributed by atoms with Crippen molar-refractivity contribution in [3.63, 3.8) is 0 Å². The molecular formula is C18H24N8. The van der Waals surface area contributed by atoms with Crippen molar-refractivity contribution in [2.45, 2.75) is 25.8 Å². The fraction of sp³-hybridized carbons (Fsp3) is 0.556. The molecule has 3 aromatic heterocycles. The van der Waals surface area contributed by atoms with E-state index in [1.165, 1.54) is 36.2 Å². The predicted molar refractivity (Wildman–Crippen MR) is 99.0 cm³/mol. The Balaban J connectivity index is 1.31. The summed E-state index contributed by atoms with van der Waals surface area (Å²) < 4.78 is 4.10. The average molecular weight is 352 g/mol. The maximum absolute atomic E-state index is 4.78. The van der Waals surface area contributed by atoms with E-state index in [-0.39, 0.29) is 0 Å². The van der Waals surface area contributed by atoms with Crippen LogP contribution in [0.5, 0.6) is 0 Å². The Labute approximate surface area is 152 Å². The predicted octanol–water partition coefficient (Wildman–Crippen LogP) is 0.908. The van der Waals surface area contributed by atoms with Crippen LogP contribution in [0.2, 0.25) is 0 Å².